The van der Waals surface area contributed by atoms with E-state index in [9.17, 15) is 13.2 Å². The van der Waals surface area contributed by atoms with E-state index in [1.807, 2.05) is 0 Å². The Labute approximate surface area is 97.3 Å². The lowest BCUT2D eigenvalue weighted by Gasteiger charge is -2.10. The van der Waals surface area contributed by atoms with E-state index in [1.54, 1.807) is 12.2 Å². The predicted molar refractivity (Wildman–Crippen MR) is 60.9 cm³/mol. The van der Waals surface area contributed by atoms with E-state index in [4.69, 9.17) is 4.74 Å². The van der Waals surface area contributed by atoms with Crippen molar-refractivity contribution in [3.63, 3.8) is 0 Å². The molecule has 0 aliphatic carbocycles. The molecule has 1 aromatic rings. The van der Waals surface area contributed by atoms with E-state index in [-0.39, 0.29) is 5.75 Å². The van der Waals surface area contributed by atoms with E-state index in [1.165, 1.54) is 13.2 Å². The molecule has 0 heterocycles. The second-order valence-corrected chi connectivity index (χ2v) is 3.40. The molecule has 0 atom stereocenters. The number of hydrogen-bond acceptors (Lipinski definition) is 2. The minimum atomic E-state index is -4.35. The summed E-state index contributed by atoms with van der Waals surface area (Å²) >= 11 is 3.97. The van der Waals surface area contributed by atoms with Gasteiger partial charge >= 0.3 is 6.18 Å². The van der Waals surface area contributed by atoms with Crippen molar-refractivity contribution in [3.8, 4) is 5.75 Å². The molecule has 0 amide bonds. The van der Waals surface area contributed by atoms with Crippen LogP contribution in [0.15, 0.2) is 24.3 Å². The zero-order chi connectivity index (χ0) is 12.2. The van der Waals surface area contributed by atoms with Crippen LogP contribution >= 0.6 is 12.6 Å². The topological polar surface area (TPSA) is 9.23 Å². The highest BCUT2D eigenvalue weighted by Gasteiger charge is 2.31. The fraction of sp³-hybridized carbons (Fsp3) is 0.273. The summed E-state index contributed by atoms with van der Waals surface area (Å²) < 4.78 is 42.1. The predicted octanol–water partition coefficient (Wildman–Crippen LogP) is 3.66. The van der Waals surface area contributed by atoms with E-state index < -0.39 is 11.7 Å². The average molecular weight is 248 g/mol. The molecule has 1 rings (SSSR count). The summed E-state index contributed by atoms with van der Waals surface area (Å²) in [6.07, 6.45) is -0.945. The molecule has 1 aromatic carbocycles. The van der Waals surface area contributed by atoms with Gasteiger partial charge in [-0.25, -0.2) is 0 Å². The van der Waals surface area contributed by atoms with Crippen LogP contribution in [0, 0.1) is 0 Å². The van der Waals surface area contributed by atoms with Crippen molar-refractivity contribution in [2.45, 2.75) is 6.18 Å². The first-order valence-corrected chi connectivity index (χ1v) is 5.15. The first kappa shape index (κ1) is 13.0. The molecule has 0 saturated carbocycles. The van der Waals surface area contributed by atoms with E-state index in [0.29, 0.717) is 11.3 Å². The molecule has 0 fully saturated rings. The van der Waals surface area contributed by atoms with Crippen molar-refractivity contribution >= 4 is 18.7 Å². The fourth-order valence-corrected chi connectivity index (χ4v) is 1.31. The Balaban J connectivity index is 3.12. The van der Waals surface area contributed by atoms with Gasteiger partial charge in [0.1, 0.15) is 5.75 Å². The van der Waals surface area contributed by atoms with Gasteiger partial charge in [0.25, 0.3) is 0 Å². The molecule has 0 bridgehead atoms. The number of ether oxygens (including phenoxy) is 1. The van der Waals surface area contributed by atoms with E-state index in [0.717, 1.165) is 12.1 Å². The van der Waals surface area contributed by atoms with Gasteiger partial charge in [0, 0.05) is 11.3 Å². The van der Waals surface area contributed by atoms with Gasteiger partial charge in [-0.1, -0.05) is 18.2 Å². The molecule has 0 spiro atoms. The normalized spacial score (nSPS) is 12.1. The first-order valence-electron chi connectivity index (χ1n) is 4.51. The lowest BCUT2D eigenvalue weighted by molar-refractivity contribution is -0.137. The third kappa shape index (κ3) is 3.20. The summed E-state index contributed by atoms with van der Waals surface area (Å²) in [7, 11) is 1.34. The van der Waals surface area contributed by atoms with Crippen LogP contribution in [0.1, 0.15) is 11.1 Å². The molecule has 5 heteroatoms. The van der Waals surface area contributed by atoms with Crippen LogP contribution in [0.4, 0.5) is 13.2 Å². The average Bonchev–Trinajstić information content (AvgIpc) is 2.24. The molecule has 0 saturated heterocycles. The van der Waals surface area contributed by atoms with E-state index >= 15 is 0 Å². The van der Waals surface area contributed by atoms with Crippen LogP contribution in [0.3, 0.4) is 0 Å². The summed E-state index contributed by atoms with van der Waals surface area (Å²) in [5.41, 5.74) is -0.114. The molecule has 0 aliphatic rings. The zero-order valence-electron chi connectivity index (χ0n) is 8.58. The van der Waals surface area contributed by atoms with Crippen molar-refractivity contribution in [1.29, 1.82) is 0 Å². The Kier molecular flexibility index (Phi) is 4.29. The monoisotopic (exact) mass is 248 g/mol. The Morgan fingerprint density at radius 2 is 2.06 bits per heavy atom. The molecule has 1 nitrogen and oxygen atoms in total. The smallest absolute Gasteiger partial charge is 0.416 e. The molecule has 88 valence electrons. The molecular weight excluding hydrogens is 237 g/mol. The zero-order valence-corrected chi connectivity index (χ0v) is 9.48. The number of rotatable bonds is 3. The van der Waals surface area contributed by atoms with Crippen LogP contribution in [0.2, 0.25) is 0 Å². The largest absolute Gasteiger partial charge is 0.496 e. The Bertz CT molecular complexity index is 385. The van der Waals surface area contributed by atoms with Crippen LogP contribution in [-0.2, 0) is 6.18 Å². The quantitative estimate of drug-likeness (QED) is 0.803. The standard InChI is InChI=1S/C11H11F3OS/c1-15-10-7-9(11(12,13)14)5-4-8(10)3-2-6-16/h2-5,7,16H,6H2,1H3. The third-order valence-corrected chi connectivity index (χ3v) is 2.17. The number of halogens is 3. The summed E-state index contributed by atoms with van der Waals surface area (Å²) in [5.74, 6) is 0.720. The summed E-state index contributed by atoms with van der Waals surface area (Å²) in [6, 6.07) is 3.39. The molecule has 0 aromatic heterocycles. The Hall–Kier alpha value is -1.10. The molecule has 0 radical (unpaired) electrons. The van der Waals surface area contributed by atoms with Crippen LogP contribution < -0.4 is 4.74 Å². The van der Waals surface area contributed by atoms with Crippen molar-refractivity contribution in [2.75, 3.05) is 12.9 Å². The number of hydrogen-bond donors (Lipinski definition) is 1. The number of alkyl halides is 3. The second kappa shape index (κ2) is 5.30. The highest BCUT2D eigenvalue weighted by molar-refractivity contribution is 7.80. The van der Waals surface area contributed by atoms with Gasteiger partial charge in [-0.05, 0) is 12.1 Å². The van der Waals surface area contributed by atoms with Gasteiger partial charge in [0.2, 0.25) is 0 Å². The van der Waals surface area contributed by atoms with Crippen molar-refractivity contribution in [3.05, 3.63) is 35.4 Å². The SMILES string of the molecule is COc1cc(C(F)(F)F)ccc1C=CCS. The van der Waals surface area contributed by atoms with Gasteiger partial charge in [0.15, 0.2) is 0 Å². The summed E-state index contributed by atoms with van der Waals surface area (Å²) in [6.45, 7) is 0. The first-order chi connectivity index (χ1) is 7.49. The second-order valence-electron chi connectivity index (χ2n) is 3.04. The minimum Gasteiger partial charge on any atom is -0.496 e. The van der Waals surface area contributed by atoms with Gasteiger partial charge in [-0.2, -0.15) is 25.8 Å². The third-order valence-electron chi connectivity index (χ3n) is 1.96. The highest BCUT2D eigenvalue weighted by atomic mass is 32.1. The van der Waals surface area contributed by atoms with E-state index in [2.05, 4.69) is 12.6 Å². The lowest BCUT2D eigenvalue weighted by atomic mass is 10.1. The number of benzene rings is 1. The van der Waals surface area contributed by atoms with Crippen molar-refractivity contribution in [2.24, 2.45) is 0 Å². The number of thiol groups is 1. The molecule has 16 heavy (non-hydrogen) atoms. The minimum absolute atomic E-state index is 0.202. The summed E-state index contributed by atoms with van der Waals surface area (Å²) in [5, 5.41) is 0. The molecule has 0 aliphatic heterocycles. The number of methoxy groups -OCH3 is 1. The van der Waals surface area contributed by atoms with Gasteiger partial charge in [-0.3, -0.25) is 0 Å². The lowest BCUT2D eigenvalue weighted by Crippen LogP contribution is -2.05. The maximum Gasteiger partial charge on any atom is 0.416 e. The molecule has 0 unspecified atom stereocenters. The van der Waals surface area contributed by atoms with Crippen molar-refractivity contribution in [1.82, 2.24) is 0 Å². The Morgan fingerprint density at radius 3 is 2.56 bits per heavy atom. The maximum atomic E-state index is 12.4. The van der Waals surface area contributed by atoms with Gasteiger partial charge < -0.3 is 4.74 Å². The van der Waals surface area contributed by atoms with Crippen LogP contribution in [-0.4, -0.2) is 12.9 Å². The fourth-order valence-electron chi connectivity index (χ4n) is 1.20. The molecular formula is C11H11F3OS. The van der Waals surface area contributed by atoms with Gasteiger partial charge in [0.05, 0.1) is 12.7 Å². The van der Waals surface area contributed by atoms with Crippen LogP contribution in [0.25, 0.3) is 6.08 Å². The van der Waals surface area contributed by atoms with Gasteiger partial charge in [-0.15, -0.1) is 0 Å². The molecule has 0 N–H and O–H groups in total. The highest BCUT2D eigenvalue weighted by Crippen LogP contribution is 2.33. The summed E-state index contributed by atoms with van der Waals surface area (Å²) in [4.78, 5) is 0. The Morgan fingerprint density at radius 1 is 1.38 bits per heavy atom. The maximum absolute atomic E-state index is 12.4. The van der Waals surface area contributed by atoms with Crippen molar-refractivity contribution < 1.29 is 17.9 Å². The van der Waals surface area contributed by atoms with Crippen LogP contribution in [0.5, 0.6) is 5.75 Å².